The molecule has 0 spiro atoms. The minimum absolute atomic E-state index is 0.0402. The highest BCUT2D eigenvalue weighted by molar-refractivity contribution is 8.14. The average Bonchev–Trinajstić information content (AvgIpc) is 2.12. The maximum atomic E-state index is 12.9. The van der Waals surface area contributed by atoms with Gasteiger partial charge in [-0.25, -0.2) is 8.42 Å². The lowest BCUT2D eigenvalue weighted by Crippen LogP contribution is -2.43. The van der Waals surface area contributed by atoms with Gasteiger partial charge in [0.15, 0.2) is 5.25 Å². The van der Waals surface area contributed by atoms with Gasteiger partial charge in [-0.05, 0) is 42.9 Å². The van der Waals surface area contributed by atoms with Gasteiger partial charge >= 0.3 is 6.18 Å². The van der Waals surface area contributed by atoms with Gasteiger partial charge in [0.2, 0.25) is 9.05 Å². The average molecular weight is 321 g/mol. The van der Waals surface area contributed by atoms with Crippen LogP contribution in [0.15, 0.2) is 0 Å². The fourth-order valence-electron chi connectivity index (χ4n) is 2.94. The number of alkyl halides is 3. The van der Waals surface area contributed by atoms with Gasteiger partial charge in [0.25, 0.3) is 0 Å². The SMILES string of the molecule is CC(C)(C)C1CCC(C(C(F)(F)F)S(=O)(=O)Cl)CC1. The smallest absolute Gasteiger partial charge is 0.212 e. The Kier molecular flexibility index (Phi) is 4.88. The van der Waals surface area contributed by atoms with Crippen molar-refractivity contribution in [1.29, 1.82) is 0 Å². The topological polar surface area (TPSA) is 34.1 Å². The van der Waals surface area contributed by atoms with Crippen molar-refractivity contribution in [2.24, 2.45) is 17.3 Å². The van der Waals surface area contributed by atoms with E-state index in [4.69, 9.17) is 10.7 Å². The minimum Gasteiger partial charge on any atom is -0.212 e. The molecule has 0 amide bonds. The summed E-state index contributed by atoms with van der Waals surface area (Å²) in [5, 5.41) is -2.43. The molecule has 0 aromatic carbocycles. The lowest BCUT2D eigenvalue weighted by atomic mass is 9.69. The molecule has 1 saturated carbocycles. The molecule has 0 aromatic heterocycles. The third-order valence-corrected chi connectivity index (χ3v) is 5.89. The highest BCUT2D eigenvalue weighted by Gasteiger charge is 2.53. The van der Waals surface area contributed by atoms with E-state index in [-0.39, 0.29) is 18.3 Å². The van der Waals surface area contributed by atoms with E-state index in [1.54, 1.807) is 0 Å². The molecule has 7 heteroatoms. The van der Waals surface area contributed by atoms with Crippen LogP contribution in [0, 0.1) is 17.3 Å². The molecular weight excluding hydrogens is 301 g/mol. The molecule has 0 N–H and O–H groups in total. The molecule has 0 saturated heterocycles. The molecule has 1 aliphatic carbocycles. The molecule has 1 atom stereocenters. The normalized spacial score (nSPS) is 28.2. The molecule has 2 nitrogen and oxygen atoms in total. The van der Waals surface area contributed by atoms with Crippen LogP contribution in [0.5, 0.6) is 0 Å². The van der Waals surface area contributed by atoms with Crippen molar-refractivity contribution in [2.45, 2.75) is 57.9 Å². The van der Waals surface area contributed by atoms with Crippen LogP contribution >= 0.6 is 10.7 Å². The molecule has 1 rings (SSSR count). The Morgan fingerprint density at radius 2 is 1.47 bits per heavy atom. The highest BCUT2D eigenvalue weighted by atomic mass is 35.7. The van der Waals surface area contributed by atoms with Gasteiger partial charge in [-0.3, -0.25) is 0 Å². The second-order valence-electron chi connectivity index (χ2n) is 6.42. The van der Waals surface area contributed by atoms with Gasteiger partial charge in [-0.1, -0.05) is 20.8 Å². The molecule has 1 unspecified atom stereocenters. The number of halogens is 4. The van der Waals surface area contributed by atoms with Crippen molar-refractivity contribution in [3.05, 3.63) is 0 Å². The zero-order valence-electron chi connectivity index (χ0n) is 11.3. The molecule has 0 radical (unpaired) electrons. The van der Waals surface area contributed by atoms with Gasteiger partial charge in [0.1, 0.15) is 0 Å². The second kappa shape index (κ2) is 5.43. The van der Waals surface area contributed by atoms with Crippen LogP contribution in [-0.4, -0.2) is 19.8 Å². The molecule has 0 bridgehead atoms. The summed E-state index contributed by atoms with van der Waals surface area (Å²) in [4.78, 5) is 0. The molecule has 0 aromatic rings. The van der Waals surface area contributed by atoms with Gasteiger partial charge in [-0.15, -0.1) is 0 Å². The summed E-state index contributed by atoms with van der Waals surface area (Å²) in [5.74, 6) is -0.586. The fourth-order valence-corrected chi connectivity index (χ4v) is 4.74. The lowest BCUT2D eigenvalue weighted by Gasteiger charge is -2.39. The van der Waals surface area contributed by atoms with E-state index in [2.05, 4.69) is 20.8 Å². The maximum Gasteiger partial charge on any atom is 0.407 e. The first-order valence-corrected chi connectivity index (χ1v) is 8.71. The maximum absolute atomic E-state index is 12.9. The third-order valence-electron chi connectivity index (χ3n) is 4.05. The molecular formula is C12H20ClF3O2S. The van der Waals surface area contributed by atoms with E-state index in [0.29, 0.717) is 18.8 Å². The standard InChI is InChI=1S/C12H20ClF3O2S/c1-11(2,3)9-6-4-8(5-7-9)10(12(14,15)16)19(13,17)18/h8-10H,4-7H2,1-3H3. The first kappa shape index (κ1) is 17.1. The van der Waals surface area contributed by atoms with Crippen LogP contribution in [0.1, 0.15) is 46.5 Å². The van der Waals surface area contributed by atoms with Gasteiger partial charge in [0, 0.05) is 10.7 Å². The first-order valence-electron chi connectivity index (χ1n) is 6.33. The summed E-state index contributed by atoms with van der Waals surface area (Å²) in [6.07, 6.45) is -3.03. The van der Waals surface area contributed by atoms with E-state index < -0.39 is 26.4 Å². The Morgan fingerprint density at radius 3 is 1.74 bits per heavy atom. The molecule has 19 heavy (non-hydrogen) atoms. The van der Waals surface area contributed by atoms with Gasteiger partial charge in [-0.2, -0.15) is 13.2 Å². The van der Waals surface area contributed by atoms with Crippen LogP contribution in [0.4, 0.5) is 13.2 Å². The second-order valence-corrected chi connectivity index (χ2v) is 9.16. The van der Waals surface area contributed by atoms with Crippen molar-refractivity contribution in [3.63, 3.8) is 0 Å². The van der Waals surface area contributed by atoms with Crippen molar-refractivity contribution < 1.29 is 21.6 Å². The monoisotopic (exact) mass is 320 g/mol. The van der Waals surface area contributed by atoms with Crippen molar-refractivity contribution in [1.82, 2.24) is 0 Å². The third kappa shape index (κ3) is 4.52. The molecule has 0 aliphatic heterocycles. The highest BCUT2D eigenvalue weighted by Crippen LogP contribution is 2.45. The number of hydrogen-bond donors (Lipinski definition) is 0. The number of hydrogen-bond acceptors (Lipinski definition) is 2. The molecule has 1 aliphatic rings. The first-order chi connectivity index (χ1) is 8.33. The van der Waals surface area contributed by atoms with E-state index in [0.717, 1.165) is 0 Å². The van der Waals surface area contributed by atoms with Crippen molar-refractivity contribution in [3.8, 4) is 0 Å². The van der Waals surface area contributed by atoms with Gasteiger partial charge < -0.3 is 0 Å². The minimum atomic E-state index is -4.79. The van der Waals surface area contributed by atoms with Crippen LogP contribution < -0.4 is 0 Å². The predicted molar refractivity (Wildman–Crippen MR) is 69.5 cm³/mol. The summed E-state index contributed by atoms with van der Waals surface area (Å²) in [6.45, 7) is 6.16. The Bertz CT molecular complexity index is 404. The molecule has 0 heterocycles. The Morgan fingerprint density at radius 1 is 1.05 bits per heavy atom. The largest absolute Gasteiger partial charge is 0.407 e. The van der Waals surface area contributed by atoms with E-state index in [9.17, 15) is 21.6 Å². The van der Waals surface area contributed by atoms with Crippen LogP contribution in [0.3, 0.4) is 0 Å². The summed E-state index contributed by atoms with van der Waals surface area (Å²) >= 11 is 0. The fraction of sp³-hybridized carbons (Fsp3) is 1.00. The summed E-state index contributed by atoms with van der Waals surface area (Å²) in [6, 6.07) is 0. The zero-order valence-corrected chi connectivity index (χ0v) is 12.9. The van der Waals surface area contributed by atoms with E-state index in [1.165, 1.54) is 0 Å². The van der Waals surface area contributed by atoms with Crippen LogP contribution in [-0.2, 0) is 9.05 Å². The van der Waals surface area contributed by atoms with E-state index in [1.807, 2.05) is 0 Å². The molecule has 114 valence electrons. The Hall–Kier alpha value is 0.0300. The summed E-state index contributed by atoms with van der Waals surface area (Å²) < 4.78 is 61.0. The molecule has 1 fully saturated rings. The summed E-state index contributed by atoms with van der Waals surface area (Å²) in [5.41, 5.74) is 0.0402. The Labute approximate surface area is 117 Å². The van der Waals surface area contributed by atoms with Crippen LogP contribution in [0.25, 0.3) is 0 Å². The summed E-state index contributed by atoms with van der Waals surface area (Å²) in [7, 11) is 0.368. The van der Waals surface area contributed by atoms with Crippen LogP contribution in [0.2, 0.25) is 0 Å². The van der Waals surface area contributed by atoms with Crippen molar-refractivity contribution in [2.75, 3.05) is 0 Å². The van der Waals surface area contributed by atoms with E-state index >= 15 is 0 Å². The van der Waals surface area contributed by atoms with Crippen molar-refractivity contribution >= 4 is 19.7 Å². The predicted octanol–water partition coefficient (Wildman–Crippen LogP) is 4.34. The zero-order chi connectivity index (χ0) is 15.1. The number of rotatable bonds is 2. The lowest BCUT2D eigenvalue weighted by molar-refractivity contribution is -0.142. The Balaban J connectivity index is 2.83. The quantitative estimate of drug-likeness (QED) is 0.709. The van der Waals surface area contributed by atoms with Gasteiger partial charge in [0.05, 0.1) is 0 Å².